The second-order valence-electron chi connectivity index (χ2n) is 7.27. The first-order chi connectivity index (χ1) is 16.0. The summed E-state index contributed by atoms with van der Waals surface area (Å²) in [4.78, 5) is 31.5. The Hall–Kier alpha value is -3.72. The summed E-state index contributed by atoms with van der Waals surface area (Å²) in [5.41, 5.74) is 2.01. The zero-order valence-corrected chi connectivity index (χ0v) is 19.1. The zero-order valence-electron chi connectivity index (χ0n) is 18.2. The molecule has 0 saturated heterocycles. The Labute approximate surface area is 195 Å². The smallest absolute Gasteiger partial charge is 0.256 e. The molecule has 170 valence electrons. The van der Waals surface area contributed by atoms with E-state index in [-0.39, 0.29) is 24.4 Å². The molecule has 1 aliphatic rings. The van der Waals surface area contributed by atoms with Crippen LogP contribution in [0.15, 0.2) is 65.8 Å². The Morgan fingerprint density at radius 1 is 1.12 bits per heavy atom. The number of aromatic nitrogens is 1. The number of nitrogens with zero attached hydrogens (tertiary/aromatic N) is 2. The normalized spacial score (nSPS) is 11.7. The van der Waals surface area contributed by atoms with Gasteiger partial charge in [-0.2, -0.15) is 0 Å². The first-order valence-electron chi connectivity index (χ1n) is 10.2. The lowest BCUT2D eigenvalue weighted by Crippen LogP contribution is -2.27. The number of methoxy groups -OCH3 is 1. The van der Waals surface area contributed by atoms with Crippen molar-refractivity contribution < 1.29 is 23.8 Å². The van der Waals surface area contributed by atoms with Crippen LogP contribution in [0.25, 0.3) is 0 Å². The van der Waals surface area contributed by atoms with E-state index in [0.29, 0.717) is 34.3 Å². The number of carbonyl (C=O) groups excluding carboxylic acids is 2. The third-order valence-corrected chi connectivity index (χ3v) is 5.90. The number of benzene rings is 2. The van der Waals surface area contributed by atoms with Gasteiger partial charge < -0.3 is 24.4 Å². The van der Waals surface area contributed by atoms with Crippen molar-refractivity contribution in [1.29, 1.82) is 0 Å². The van der Waals surface area contributed by atoms with Crippen LogP contribution in [0.1, 0.15) is 15.9 Å². The minimum Gasteiger partial charge on any atom is -0.497 e. The number of hydrogen-bond acceptors (Lipinski definition) is 7. The van der Waals surface area contributed by atoms with Crippen LogP contribution >= 0.6 is 11.8 Å². The van der Waals surface area contributed by atoms with E-state index in [9.17, 15) is 9.59 Å². The molecular weight excluding hydrogens is 442 g/mol. The Kier molecular flexibility index (Phi) is 6.99. The maximum atomic E-state index is 13.1. The second kappa shape index (κ2) is 10.3. The van der Waals surface area contributed by atoms with Gasteiger partial charge in [-0.15, -0.1) is 0 Å². The molecule has 33 heavy (non-hydrogen) atoms. The lowest BCUT2D eigenvalue weighted by molar-refractivity contribution is -0.113. The molecule has 0 aliphatic carbocycles. The van der Waals surface area contributed by atoms with E-state index in [1.807, 2.05) is 24.3 Å². The van der Waals surface area contributed by atoms with E-state index in [1.165, 1.54) is 11.8 Å². The van der Waals surface area contributed by atoms with Gasteiger partial charge in [0.2, 0.25) is 12.7 Å². The number of rotatable bonds is 8. The summed E-state index contributed by atoms with van der Waals surface area (Å²) in [6, 6.07) is 16.2. The molecule has 2 amide bonds. The van der Waals surface area contributed by atoms with Crippen LogP contribution in [-0.4, -0.2) is 48.4 Å². The highest BCUT2D eigenvalue weighted by Gasteiger charge is 2.19. The van der Waals surface area contributed by atoms with Gasteiger partial charge in [-0.25, -0.2) is 4.98 Å². The molecule has 9 heteroatoms. The molecule has 3 aromatic rings. The Bertz CT molecular complexity index is 1170. The molecule has 1 aliphatic heterocycles. The Morgan fingerprint density at radius 2 is 1.97 bits per heavy atom. The number of ether oxygens (including phenoxy) is 3. The zero-order chi connectivity index (χ0) is 23.2. The first-order valence-corrected chi connectivity index (χ1v) is 11.2. The molecule has 0 atom stereocenters. The number of hydrogen-bond donors (Lipinski definition) is 1. The van der Waals surface area contributed by atoms with Crippen molar-refractivity contribution in [2.24, 2.45) is 0 Å². The van der Waals surface area contributed by atoms with E-state index in [2.05, 4.69) is 10.3 Å². The molecule has 0 radical (unpaired) electrons. The van der Waals surface area contributed by atoms with Gasteiger partial charge in [-0.1, -0.05) is 23.9 Å². The maximum Gasteiger partial charge on any atom is 0.256 e. The first kappa shape index (κ1) is 22.5. The lowest BCUT2D eigenvalue weighted by atomic mass is 10.2. The van der Waals surface area contributed by atoms with Gasteiger partial charge in [0.05, 0.1) is 18.4 Å². The second-order valence-corrected chi connectivity index (χ2v) is 8.24. The topological polar surface area (TPSA) is 90.0 Å². The number of anilines is 1. The van der Waals surface area contributed by atoms with Crippen molar-refractivity contribution >= 4 is 29.3 Å². The molecule has 0 spiro atoms. The van der Waals surface area contributed by atoms with E-state index in [1.54, 1.807) is 55.6 Å². The number of carbonyl (C=O) groups is 2. The SMILES string of the molecule is COc1cccc(CN(C)C(=O)c2cccnc2SCC(=O)Nc2ccc3c(c2)OCO3)c1. The van der Waals surface area contributed by atoms with Crippen molar-refractivity contribution in [2.45, 2.75) is 11.6 Å². The fourth-order valence-corrected chi connectivity index (χ4v) is 4.08. The number of fused-ring (bicyclic) bond motifs is 1. The Morgan fingerprint density at radius 3 is 2.82 bits per heavy atom. The standard InChI is InChI=1S/C24H23N3O5S/c1-27(13-16-5-3-6-18(11-16)30-2)24(29)19-7-4-10-25-23(19)33-14-22(28)26-17-8-9-20-21(12-17)32-15-31-20/h3-12H,13-15H2,1-2H3,(H,26,28). The summed E-state index contributed by atoms with van der Waals surface area (Å²) in [6.07, 6.45) is 1.61. The molecule has 8 nitrogen and oxygen atoms in total. The van der Waals surface area contributed by atoms with E-state index in [0.717, 1.165) is 11.3 Å². The van der Waals surface area contributed by atoms with E-state index in [4.69, 9.17) is 14.2 Å². The Balaban J connectivity index is 1.38. The highest BCUT2D eigenvalue weighted by atomic mass is 32.2. The van der Waals surface area contributed by atoms with Crippen molar-refractivity contribution in [3.05, 3.63) is 71.9 Å². The van der Waals surface area contributed by atoms with Gasteiger partial charge in [-0.05, 0) is 42.0 Å². The predicted octanol–water partition coefficient (Wildman–Crippen LogP) is 3.82. The average molecular weight is 466 g/mol. The highest BCUT2D eigenvalue weighted by Crippen LogP contribution is 2.34. The highest BCUT2D eigenvalue weighted by molar-refractivity contribution is 8.00. The summed E-state index contributed by atoms with van der Waals surface area (Å²) in [7, 11) is 3.34. The summed E-state index contributed by atoms with van der Waals surface area (Å²) in [6.45, 7) is 0.588. The van der Waals surface area contributed by atoms with Gasteiger partial charge >= 0.3 is 0 Å². The van der Waals surface area contributed by atoms with E-state index < -0.39 is 0 Å². The van der Waals surface area contributed by atoms with Crippen molar-refractivity contribution in [2.75, 3.05) is 32.0 Å². The molecule has 1 N–H and O–H groups in total. The summed E-state index contributed by atoms with van der Waals surface area (Å²) >= 11 is 1.21. The lowest BCUT2D eigenvalue weighted by Gasteiger charge is -2.19. The van der Waals surface area contributed by atoms with Crippen LogP contribution in [-0.2, 0) is 11.3 Å². The molecule has 0 bridgehead atoms. The molecule has 4 rings (SSSR count). The molecule has 2 aromatic carbocycles. The summed E-state index contributed by atoms with van der Waals surface area (Å²) in [5.74, 6) is 1.69. The number of nitrogens with one attached hydrogen (secondary N) is 1. The fourth-order valence-electron chi connectivity index (χ4n) is 3.30. The van der Waals surface area contributed by atoms with Crippen LogP contribution in [0, 0.1) is 0 Å². The van der Waals surface area contributed by atoms with Crippen LogP contribution in [0.3, 0.4) is 0 Å². The van der Waals surface area contributed by atoms with Crippen molar-refractivity contribution in [1.82, 2.24) is 9.88 Å². The minimum atomic E-state index is -0.215. The summed E-state index contributed by atoms with van der Waals surface area (Å²) < 4.78 is 15.9. The van der Waals surface area contributed by atoms with Gasteiger partial charge in [0.15, 0.2) is 11.5 Å². The van der Waals surface area contributed by atoms with E-state index >= 15 is 0 Å². The monoisotopic (exact) mass is 465 g/mol. The molecule has 0 saturated carbocycles. The summed E-state index contributed by atoms with van der Waals surface area (Å²) in [5, 5.41) is 3.33. The number of amides is 2. The molecule has 1 aromatic heterocycles. The molecule has 2 heterocycles. The van der Waals surface area contributed by atoms with Gasteiger partial charge in [0, 0.05) is 31.5 Å². The van der Waals surface area contributed by atoms with Crippen molar-refractivity contribution in [3.63, 3.8) is 0 Å². The minimum absolute atomic E-state index is 0.103. The van der Waals surface area contributed by atoms with Gasteiger partial charge in [0.25, 0.3) is 5.91 Å². The maximum absolute atomic E-state index is 13.1. The number of thioether (sulfide) groups is 1. The van der Waals surface area contributed by atoms with Crippen LogP contribution in [0.2, 0.25) is 0 Å². The van der Waals surface area contributed by atoms with Crippen LogP contribution in [0.4, 0.5) is 5.69 Å². The quantitative estimate of drug-likeness (QED) is 0.506. The van der Waals surface area contributed by atoms with Gasteiger partial charge in [-0.3, -0.25) is 9.59 Å². The molecule has 0 unspecified atom stereocenters. The van der Waals surface area contributed by atoms with Crippen LogP contribution in [0.5, 0.6) is 17.2 Å². The van der Waals surface area contributed by atoms with Crippen LogP contribution < -0.4 is 19.5 Å². The molecule has 0 fully saturated rings. The van der Waals surface area contributed by atoms with Gasteiger partial charge in [0.1, 0.15) is 10.8 Å². The largest absolute Gasteiger partial charge is 0.497 e. The molecular formula is C24H23N3O5S. The third-order valence-electron chi connectivity index (χ3n) is 4.90. The average Bonchev–Trinajstić information content (AvgIpc) is 3.30. The number of pyridine rings is 1. The fraction of sp³-hybridized carbons (Fsp3) is 0.208. The predicted molar refractivity (Wildman–Crippen MR) is 125 cm³/mol. The third kappa shape index (κ3) is 5.56. The van der Waals surface area contributed by atoms with Crippen molar-refractivity contribution in [3.8, 4) is 17.2 Å².